The molecular weight excluding hydrogens is 305 g/mol. The Labute approximate surface area is 113 Å². The second-order valence-corrected chi connectivity index (χ2v) is 3.89. The molecule has 21 heavy (non-hydrogen) atoms. The number of benzene rings is 2. The maximum atomic E-state index is 13.6. The van der Waals surface area contributed by atoms with E-state index in [4.69, 9.17) is 0 Å². The summed E-state index contributed by atoms with van der Waals surface area (Å²) in [4.78, 5) is 0. The van der Waals surface area contributed by atoms with Gasteiger partial charge in [-0.05, 0) is 12.1 Å². The fourth-order valence-corrected chi connectivity index (χ4v) is 1.67. The zero-order valence-corrected chi connectivity index (χ0v) is 9.94. The topological polar surface area (TPSA) is 9.23 Å². The van der Waals surface area contributed by atoms with Crippen LogP contribution in [0.4, 0.5) is 30.7 Å². The van der Waals surface area contributed by atoms with Gasteiger partial charge in [0, 0.05) is 11.1 Å². The van der Waals surface area contributed by atoms with Gasteiger partial charge in [0.2, 0.25) is 0 Å². The number of hydrogen-bond donors (Lipinski definition) is 0. The molecule has 0 N–H and O–H groups in total. The van der Waals surface area contributed by atoms with E-state index in [0.29, 0.717) is 0 Å². The minimum atomic E-state index is -5.08. The molecule has 0 aromatic heterocycles. The molecule has 1 nitrogen and oxygen atoms in total. The van der Waals surface area contributed by atoms with Crippen molar-refractivity contribution in [3.8, 4) is 16.9 Å². The molecule has 0 saturated heterocycles. The van der Waals surface area contributed by atoms with Crippen LogP contribution in [0, 0.1) is 23.3 Å². The summed E-state index contributed by atoms with van der Waals surface area (Å²) < 4.78 is 93.1. The van der Waals surface area contributed by atoms with Gasteiger partial charge in [0.25, 0.3) is 0 Å². The molecule has 0 radical (unpaired) electrons. The largest absolute Gasteiger partial charge is 0.573 e. The Morgan fingerprint density at radius 1 is 0.762 bits per heavy atom. The van der Waals surface area contributed by atoms with Gasteiger partial charge in [-0.1, -0.05) is 18.2 Å². The molecule has 0 aliphatic carbocycles. The van der Waals surface area contributed by atoms with Gasteiger partial charge < -0.3 is 4.74 Å². The molecule has 2 aromatic rings. The molecule has 0 aliphatic heterocycles. The Kier molecular flexibility index (Phi) is 3.80. The molecular formula is C13H5F7O. The second-order valence-electron chi connectivity index (χ2n) is 3.89. The van der Waals surface area contributed by atoms with Gasteiger partial charge in [0.15, 0.2) is 23.3 Å². The van der Waals surface area contributed by atoms with Crippen molar-refractivity contribution in [1.82, 2.24) is 0 Å². The quantitative estimate of drug-likeness (QED) is 0.439. The second kappa shape index (κ2) is 5.27. The third-order valence-corrected chi connectivity index (χ3v) is 2.51. The lowest BCUT2D eigenvalue weighted by Gasteiger charge is -2.14. The monoisotopic (exact) mass is 310 g/mol. The van der Waals surface area contributed by atoms with Gasteiger partial charge >= 0.3 is 6.36 Å². The Hall–Kier alpha value is -2.25. The van der Waals surface area contributed by atoms with Gasteiger partial charge in [0.05, 0.1) is 0 Å². The SMILES string of the molecule is Fc1cc(-c2ccccc2OC(F)(F)F)c(F)c(F)c1F. The van der Waals surface area contributed by atoms with Crippen molar-refractivity contribution in [2.24, 2.45) is 0 Å². The summed E-state index contributed by atoms with van der Waals surface area (Å²) in [6.07, 6.45) is -5.08. The van der Waals surface area contributed by atoms with Crippen LogP contribution in [0.5, 0.6) is 5.75 Å². The van der Waals surface area contributed by atoms with Crippen molar-refractivity contribution in [3.05, 3.63) is 53.6 Å². The molecule has 0 saturated carbocycles. The zero-order chi connectivity index (χ0) is 15.8. The number of ether oxygens (including phenoxy) is 1. The van der Waals surface area contributed by atoms with Gasteiger partial charge in [-0.15, -0.1) is 13.2 Å². The molecule has 8 heteroatoms. The Morgan fingerprint density at radius 3 is 2.00 bits per heavy atom. The highest BCUT2D eigenvalue weighted by Crippen LogP contribution is 2.36. The molecule has 0 bridgehead atoms. The lowest BCUT2D eigenvalue weighted by atomic mass is 10.0. The molecule has 112 valence electrons. The minimum Gasteiger partial charge on any atom is -0.405 e. The van der Waals surface area contributed by atoms with Crippen molar-refractivity contribution in [3.63, 3.8) is 0 Å². The number of alkyl halides is 3. The van der Waals surface area contributed by atoms with E-state index in [-0.39, 0.29) is 6.07 Å². The van der Waals surface area contributed by atoms with E-state index in [0.717, 1.165) is 18.2 Å². The summed E-state index contributed by atoms with van der Waals surface area (Å²) in [7, 11) is 0. The maximum Gasteiger partial charge on any atom is 0.573 e. The molecule has 0 unspecified atom stereocenters. The van der Waals surface area contributed by atoms with E-state index >= 15 is 0 Å². The third-order valence-electron chi connectivity index (χ3n) is 2.51. The highest BCUT2D eigenvalue weighted by Gasteiger charge is 2.33. The summed E-state index contributed by atoms with van der Waals surface area (Å²) in [6.45, 7) is 0. The molecule has 0 atom stereocenters. The third kappa shape index (κ3) is 3.09. The van der Waals surface area contributed by atoms with E-state index in [1.54, 1.807) is 0 Å². The zero-order valence-electron chi connectivity index (χ0n) is 9.94. The van der Waals surface area contributed by atoms with Crippen molar-refractivity contribution in [1.29, 1.82) is 0 Å². The molecule has 2 rings (SSSR count). The molecule has 0 fully saturated rings. The first-order chi connectivity index (χ1) is 9.70. The molecule has 0 heterocycles. The first kappa shape index (κ1) is 15.1. The summed E-state index contributed by atoms with van der Waals surface area (Å²) in [6, 6.07) is 4.40. The van der Waals surface area contributed by atoms with E-state index in [9.17, 15) is 30.7 Å². The first-order valence-electron chi connectivity index (χ1n) is 5.39. The fraction of sp³-hybridized carbons (Fsp3) is 0.0769. The summed E-state index contributed by atoms with van der Waals surface area (Å²) >= 11 is 0. The Bertz CT molecular complexity index is 679. The lowest BCUT2D eigenvalue weighted by Crippen LogP contribution is -2.17. The van der Waals surface area contributed by atoms with Gasteiger partial charge in [-0.3, -0.25) is 0 Å². The minimum absolute atomic E-state index is 0.256. The van der Waals surface area contributed by atoms with Crippen molar-refractivity contribution in [2.45, 2.75) is 6.36 Å². The number of hydrogen-bond acceptors (Lipinski definition) is 1. The molecule has 0 spiro atoms. The number of rotatable bonds is 2. The Balaban J connectivity index is 2.63. The van der Waals surface area contributed by atoms with Crippen LogP contribution in [0.1, 0.15) is 0 Å². The summed E-state index contributed by atoms with van der Waals surface area (Å²) in [5, 5.41) is 0. The lowest BCUT2D eigenvalue weighted by molar-refractivity contribution is -0.274. The summed E-state index contributed by atoms with van der Waals surface area (Å²) in [5.74, 6) is -8.58. The highest BCUT2D eigenvalue weighted by molar-refractivity contribution is 5.71. The van der Waals surface area contributed by atoms with Gasteiger partial charge in [-0.2, -0.15) is 0 Å². The van der Waals surface area contributed by atoms with E-state index < -0.39 is 46.5 Å². The van der Waals surface area contributed by atoms with Crippen molar-refractivity contribution < 1.29 is 35.5 Å². The maximum absolute atomic E-state index is 13.6. The van der Waals surface area contributed by atoms with Gasteiger partial charge in [0.1, 0.15) is 5.75 Å². The van der Waals surface area contributed by atoms with E-state index in [2.05, 4.69) is 4.74 Å². The first-order valence-corrected chi connectivity index (χ1v) is 5.39. The summed E-state index contributed by atoms with van der Waals surface area (Å²) in [5.41, 5.74) is -1.45. The van der Waals surface area contributed by atoms with Crippen molar-refractivity contribution >= 4 is 0 Å². The normalized spacial score (nSPS) is 11.6. The predicted octanol–water partition coefficient (Wildman–Crippen LogP) is 4.81. The smallest absolute Gasteiger partial charge is 0.405 e. The van der Waals surface area contributed by atoms with Crippen LogP contribution >= 0.6 is 0 Å². The van der Waals surface area contributed by atoms with Gasteiger partial charge in [-0.25, -0.2) is 17.6 Å². The highest BCUT2D eigenvalue weighted by atomic mass is 19.4. The van der Waals surface area contributed by atoms with Crippen LogP contribution in [-0.2, 0) is 0 Å². The molecule has 2 aromatic carbocycles. The number of halogens is 7. The van der Waals surface area contributed by atoms with Crippen LogP contribution < -0.4 is 4.74 Å². The Morgan fingerprint density at radius 2 is 1.38 bits per heavy atom. The van der Waals surface area contributed by atoms with E-state index in [1.807, 2.05) is 0 Å². The van der Waals surface area contributed by atoms with Crippen LogP contribution in [0.25, 0.3) is 11.1 Å². The average Bonchev–Trinajstić information content (AvgIpc) is 2.40. The van der Waals surface area contributed by atoms with Crippen molar-refractivity contribution in [2.75, 3.05) is 0 Å². The number of para-hydroxylation sites is 1. The predicted molar refractivity (Wildman–Crippen MR) is 58.4 cm³/mol. The fourth-order valence-electron chi connectivity index (χ4n) is 1.67. The van der Waals surface area contributed by atoms with Crippen LogP contribution in [0.3, 0.4) is 0 Å². The van der Waals surface area contributed by atoms with Crippen LogP contribution in [0.15, 0.2) is 30.3 Å². The van der Waals surface area contributed by atoms with E-state index in [1.165, 1.54) is 6.07 Å². The molecule has 0 amide bonds. The average molecular weight is 310 g/mol. The standard InChI is InChI=1S/C13H5F7O/c14-8-5-7(10(15)12(17)11(8)16)6-3-1-2-4-9(6)21-13(18,19)20/h1-5H. The van der Waals surface area contributed by atoms with Crippen LogP contribution in [0.2, 0.25) is 0 Å². The molecule has 0 aliphatic rings. The van der Waals surface area contributed by atoms with Crippen LogP contribution in [-0.4, -0.2) is 6.36 Å².